The van der Waals surface area contributed by atoms with Crippen molar-refractivity contribution in [3.63, 3.8) is 0 Å². The molecule has 0 radical (unpaired) electrons. The number of nitrogen functional groups attached to an aromatic ring is 1. The average molecular weight is 236 g/mol. The summed E-state index contributed by atoms with van der Waals surface area (Å²) in [5.41, 5.74) is 7.65. The molecule has 2 N–H and O–H groups in total. The number of para-hydroxylation sites is 1. The largest absolute Gasteiger partial charge is 0.366 e. The quantitative estimate of drug-likeness (QED) is 0.743. The van der Waals surface area contributed by atoms with Crippen molar-refractivity contribution in [2.45, 2.75) is 0 Å². The van der Waals surface area contributed by atoms with Gasteiger partial charge in [-0.05, 0) is 12.1 Å². The van der Waals surface area contributed by atoms with Gasteiger partial charge in [0.15, 0.2) is 5.82 Å². The molecule has 0 amide bonds. The van der Waals surface area contributed by atoms with E-state index < -0.39 is 0 Å². The van der Waals surface area contributed by atoms with E-state index in [1.165, 1.54) is 0 Å². The molecule has 0 aliphatic rings. The summed E-state index contributed by atoms with van der Waals surface area (Å²) < 4.78 is 1.75. The summed E-state index contributed by atoms with van der Waals surface area (Å²) in [4.78, 5) is 4.29. The highest BCUT2D eigenvalue weighted by Crippen LogP contribution is 2.21. The zero-order valence-corrected chi connectivity index (χ0v) is 9.69. The van der Waals surface area contributed by atoms with Crippen molar-refractivity contribution in [3.05, 3.63) is 60.7 Å². The Hall–Kier alpha value is -2.62. The van der Waals surface area contributed by atoms with Crippen LogP contribution in [0.2, 0.25) is 0 Å². The third-order valence-electron chi connectivity index (χ3n) is 2.66. The summed E-state index contributed by atoms with van der Waals surface area (Å²) in [7, 11) is 0. The third-order valence-corrected chi connectivity index (χ3v) is 2.66. The summed E-state index contributed by atoms with van der Waals surface area (Å²) in [6, 6.07) is 19.7. The maximum Gasteiger partial charge on any atom is 0.240 e. The molecule has 0 bridgehead atoms. The molecule has 0 unspecified atom stereocenters. The molecule has 88 valence electrons. The molecule has 0 saturated heterocycles. The van der Waals surface area contributed by atoms with Gasteiger partial charge >= 0.3 is 0 Å². The average Bonchev–Trinajstić information content (AvgIpc) is 2.83. The zero-order chi connectivity index (χ0) is 12.4. The Labute approximate surface area is 105 Å². The molecule has 3 aromatic rings. The van der Waals surface area contributed by atoms with E-state index in [4.69, 9.17) is 5.73 Å². The van der Waals surface area contributed by atoms with Crippen molar-refractivity contribution < 1.29 is 0 Å². The third kappa shape index (κ3) is 1.84. The highest BCUT2D eigenvalue weighted by molar-refractivity contribution is 5.59. The lowest BCUT2D eigenvalue weighted by atomic mass is 10.2. The SMILES string of the molecule is Nc1nc(-c2ccccc2)n(-c2ccccc2)n1. The Morgan fingerprint density at radius 1 is 0.833 bits per heavy atom. The van der Waals surface area contributed by atoms with Gasteiger partial charge in [-0.3, -0.25) is 0 Å². The molecule has 18 heavy (non-hydrogen) atoms. The topological polar surface area (TPSA) is 56.7 Å². The molecule has 2 aromatic carbocycles. The Kier molecular flexibility index (Phi) is 2.53. The summed E-state index contributed by atoms with van der Waals surface area (Å²) in [5.74, 6) is 1.03. The lowest BCUT2D eigenvalue weighted by molar-refractivity contribution is 0.892. The highest BCUT2D eigenvalue weighted by Gasteiger charge is 2.11. The number of benzene rings is 2. The number of hydrogen-bond donors (Lipinski definition) is 1. The first-order valence-corrected chi connectivity index (χ1v) is 5.68. The van der Waals surface area contributed by atoms with Crippen molar-refractivity contribution in [1.82, 2.24) is 14.8 Å². The predicted molar refractivity (Wildman–Crippen MR) is 71.2 cm³/mol. The van der Waals surface area contributed by atoms with Crippen molar-refractivity contribution in [3.8, 4) is 17.1 Å². The van der Waals surface area contributed by atoms with E-state index in [1.807, 2.05) is 60.7 Å². The molecule has 0 fully saturated rings. The Morgan fingerprint density at radius 2 is 1.44 bits per heavy atom. The van der Waals surface area contributed by atoms with Crippen LogP contribution in [0.25, 0.3) is 17.1 Å². The van der Waals surface area contributed by atoms with Gasteiger partial charge in [-0.1, -0.05) is 48.5 Å². The molecule has 4 heteroatoms. The van der Waals surface area contributed by atoms with Crippen LogP contribution in [0.15, 0.2) is 60.7 Å². The molecule has 0 aliphatic carbocycles. The van der Waals surface area contributed by atoms with Crippen molar-refractivity contribution in [2.75, 3.05) is 5.73 Å². The van der Waals surface area contributed by atoms with Crippen molar-refractivity contribution in [2.24, 2.45) is 0 Å². The Bertz CT molecular complexity index is 587. The normalized spacial score (nSPS) is 10.4. The minimum absolute atomic E-state index is 0.276. The Morgan fingerprint density at radius 3 is 2.11 bits per heavy atom. The number of rotatable bonds is 2. The van der Waals surface area contributed by atoms with E-state index in [1.54, 1.807) is 4.68 Å². The molecule has 0 spiro atoms. The van der Waals surface area contributed by atoms with Gasteiger partial charge in [-0.25, -0.2) is 4.68 Å². The van der Waals surface area contributed by atoms with Crippen LogP contribution in [0.5, 0.6) is 0 Å². The number of nitrogens with zero attached hydrogens (tertiary/aromatic N) is 3. The molecule has 1 heterocycles. The van der Waals surface area contributed by atoms with E-state index >= 15 is 0 Å². The lowest BCUT2D eigenvalue weighted by Gasteiger charge is -2.04. The van der Waals surface area contributed by atoms with E-state index in [0.29, 0.717) is 0 Å². The van der Waals surface area contributed by atoms with E-state index in [2.05, 4.69) is 10.1 Å². The molecule has 0 saturated carbocycles. The second-order valence-corrected chi connectivity index (χ2v) is 3.91. The van der Waals surface area contributed by atoms with E-state index in [-0.39, 0.29) is 5.95 Å². The summed E-state index contributed by atoms with van der Waals surface area (Å²) >= 11 is 0. The predicted octanol–water partition coefficient (Wildman–Crippen LogP) is 2.52. The van der Waals surface area contributed by atoms with Crippen LogP contribution in [0, 0.1) is 0 Å². The van der Waals surface area contributed by atoms with E-state index in [0.717, 1.165) is 17.1 Å². The van der Waals surface area contributed by atoms with Crippen LogP contribution < -0.4 is 5.73 Å². The fraction of sp³-hybridized carbons (Fsp3) is 0. The van der Waals surface area contributed by atoms with Crippen LogP contribution in [0.3, 0.4) is 0 Å². The van der Waals surface area contributed by atoms with E-state index in [9.17, 15) is 0 Å². The molecular formula is C14H12N4. The molecule has 3 rings (SSSR count). The molecule has 0 aliphatic heterocycles. The first kappa shape index (κ1) is 10.5. The fourth-order valence-corrected chi connectivity index (χ4v) is 1.85. The zero-order valence-electron chi connectivity index (χ0n) is 9.69. The fourth-order valence-electron chi connectivity index (χ4n) is 1.85. The number of aromatic nitrogens is 3. The van der Waals surface area contributed by atoms with Crippen molar-refractivity contribution >= 4 is 5.95 Å². The maximum atomic E-state index is 5.71. The minimum atomic E-state index is 0.276. The standard InChI is InChI=1S/C14H12N4/c15-14-16-13(11-7-3-1-4-8-11)18(17-14)12-9-5-2-6-10-12/h1-10H,(H2,15,17). The molecular weight excluding hydrogens is 224 g/mol. The van der Waals surface area contributed by atoms with Gasteiger partial charge in [-0.15, -0.1) is 5.10 Å². The van der Waals surface area contributed by atoms with Gasteiger partial charge in [0, 0.05) is 5.56 Å². The number of nitrogens with two attached hydrogens (primary N) is 1. The summed E-state index contributed by atoms with van der Waals surface area (Å²) in [6.45, 7) is 0. The smallest absolute Gasteiger partial charge is 0.240 e. The van der Waals surface area contributed by atoms with Crippen LogP contribution >= 0.6 is 0 Å². The van der Waals surface area contributed by atoms with Gasteiger partial charge in [0.05, 0.1) is 5.69 Å². The first-order valence-electron chi connectivity index (χ1n) is 5.68. The van der Waals surface area contributed by atoms with Crippen LogP contribution in [-0.4, -0.2) is 14.8 Å². The minimum Gasteiger partial charge on any atom is -0.366 e. The van der Waals surface area contributed by atoms with Gasteiger partial charge in [0.1, 0.15) is 0 Å². The second-order valence-electron chi connectivity index (χ2n) is 3.91. The number of hydrogen-bond acceptors (Lipinski definition) is 3. The van der Waals surface area contributed by atoms with Crippen LogP contribution in [0.1, 0.15) is 0 Å². The number of anilines is 1. The summed E-state index contributed by atoms with van der Waals surface area (Å²) in [6.07, 6.45) is 0. The maximum absolute atomic E-state index is 5.71. The monoisotopic (exact) mass is 236 g/mol. The second kappa shape index (κ2) is 4.33. The highest BCUT2D eigenvalue weighted by atomic mass is 15.4. The summed E-state index contributed by atoms with van der Waals surface area (Å²) in [5, 5.41) is 4.24. The molecule has 1 aromatic heterocycles. The first-order chi connectivity index (χ1) is 8.84. The van der Waals surface area contributed by atoms with Gasteiger partial charge in [-0.2, -0.15) is 4.98 Å². The van der Waals surface area contributed by atoms with Gasteiger partial charge in [0.25, 0.3) is 0 Å². The van der Waals surface area contributed by atoms with Crippen molar-refractivity contribution in [1.29, 1.82) is 0 Å². The van der Waals surface area contributed by atoms with Gasteiger partial charge in [0.2, 0.25) is 5.95 Å². The molecule has 4 nitrogen and oxygen atoms in total. The van der Waals surface area contributed by atoms with Crippen LogP contribution in [-0.2, 0) is 0 Å². The van der Waals surface area contributed by atoms with Crippen LogP contribution in [0.4, 0.5) is 5.95 Å². The molecule has 0 atom stereocenters. The van der Waals surface area contributed by atoms with Gasteiger partial charge < -0.3 is 5.73 Å². The lowest BCUT2D eigenvalue weighted by Crippen LogP contribution is -1.99. The Balaban J connectivity index is 2.17.